The van der Waals surface area contributed by atoms with Gasteiger partial charge in [0.1, 0.15) is 41.4 Å². The first-order valence-corrected chi connectivity index (χ1v) is 10.8. The quantitative estimate of drug-likeness (QED) is 0.479. The van der Waals surface area contributed by atoms with Gasteiger partial charge in [0, 0.05) is 44.4 Å². The van der Waals surface area contributed by atoms with Gasteiger partial charge in [0.2, 0.25) is 0 Å². The molecular formula is C23H23F3N2O6. The molecule has 0 bridgehead atoms. The summed E-state index contributed by atoms with van der Waals surface area (Å²) in [5, 5.41) is 9.85. The van der Waals surface area contributed by atoms with Crippen LogP contribution in [0.5, 0.6) is 11.6 Å². The van der Waals surface area contributed by atoms with Gasteiger partial charge in [-0.05, 0) is 0 Å². The summed E-state index contributed by atoms with van der Waals surface area (Å²) in [6.07, 6.45) is -1.54. The van der Waals surface area contributed by atoms with Crippen LogP contribution in [0.25, 0.3) is 22.3 Å². The molecule has 8 nitrogen and oxygen atoms in total. The maximum Gasteiger partial charge on any atom is 0.193 e. The van der Waals surface area contributed by atoms with Gasteiger partial charge in [-0.3, -0.25) is 0 Å². The maximum atomic E-state index is 14.8. The lowest BCUT2D eigenvalue weighted by molar-refractivity contribution is 0.00794. The second-order valence-corrected chi connectivity index (χ2v) is 8.16. The number of aromatic amines is 1. The van der Waals surface area contributed by atoms with E-state index in [4.69, 9.17) is 23.7 Å². The standard InChI is InChI=1S/C23H23F3N2O6/c1-30-3-2-4-31-11-5-12(24)20(13(25)6-11)21-14(26)7-15-16(28-21)8-19(27-15)34-18-10-33-22-17(29)9-32-23(18)22/h5-8,17-18,22-23,27,29H,2-4,9-10H2,1H3/t17-,18-,22-,23-/m1/s1. The van der Waals surface area contributed by atoms with Gasteiger partial charge in [-0.2, -0.15) is 0 Å². The molecule has 2 saturated heterocycles. The summed E-state index contributed by atoms with van der Waals surface area (Å²) in [6, 6.07) is 4.59. The summed E-state index contributed by atoms with van der Waals surface area (Å²) in [4.78, 5) is 7.02. The van der Waals surface area contributed by atoms with Crippen molar-refractivity contribution in [2.45, 2.75) is 30.8 Å². The number of fused-ring (bicyclic) bond motifs is 2. The SMILES string of the molecule is COCCCOc1cc(F)c(-c2nc3cc(O[C@@H]4CO[C@H]5[C@@H]4OC[C@H]5O)[nH]c3cc2F)c(F)c1. The van der Waals surface area contributed by atoms with E-state index in [1.165, 1.54) is 6.07 Å². The van der Waals surface area contributed by atoms with Gasteiger partial charge in [0.15, 0.2) is 17.8 Å². The Hall–Kier alpha value is -2.86. The minimum atomic E-state index is -0.995. The van der Waals surface area contributed by atoms with Crippen LogP contribution in [0.2, 0.25) is 0 Å². The fraction of sp³-hybridized carbons (Fsp3) is 0.435. The number of pyridine rings is 1. The number of hydrogen-bond acceptors (Lipinski definition) is 7. The fourth-order valence-corrected chi connectivity index (χ4v) is 4.21. The van der Waals surface area contributed by atoms with Crippen LogP contribution in [0, 0.1) is 17.5 Å². The highest BCUT2D eigenvalue weighted by molar-refractivity contribution is 5.81. The molecular weight excluding hydrogens is 457 g/mol. The topological polar surface area (TPSA) is 95.1 Å². The summed E-state index contributed by atoms with van der Waals surface area (Å²) < 4.78 is 71.5. The molecule has 2 aromatic heterocycles. The van der Waals surface area contributed by atoms with Crippen LogP contribution in [-0.4, -0.2) is 73.0 Å². The minimum absolute atomic E-state index is 0.00925. The number of halogens is 3. The largest absolute Gasteiger partial charge is 0.493 e. The Kier molecular flexibility index (Phi) is 6.34. The Morgan fingerprint density at radius 3 is 2.56 bits per heavy atom. The van der Waals surface area contributed by atoms with Gasteiger partial charge in [0.05, 0.1) is 36.4 Å². The third kappa shape index (κ3) is 4.31. The van der Waals surface area contributed by atoms with Crippen molar-refractivity contribution < 1.29 is 42.0 Å². The molecule has 3 aromatic rings. The van der Waals surface area contributed by atoms with E-state index in [9.17, 15) is 18.3 Å². The zero-order chi connectivity index (χ0) is 23.8. The molecule has 0 spiro atoms. The predicted octanol–water partition coefficient (Wildman–Crippen LogP) is 2.97. The Bertz CT molecular complexity index is 1170. The second-order valence-electron chi connectivity index (χ2n) is 8.16. The molecule has 2 aliphatic heterocycles. The van der Waals surface area contributed by atoms with Crippen LogP contribution < -0.4 is 9.47 Å². The number of benzene rings is 1. The molecule has 0 amide bonds. The van der Waals surface area contributed by atoms with Crippen LogP contribution in [0.1, 0.15) is 6.42 Å². The molecule has 4 atom stereocenters. The lowest BCUT2D eigenvalue weighted by atomic mass is 10.1. The van der Waals surface area contributed by atoms with Crippen molar-refractivity contribution in [3.05, 3.63) is 41.7 Å². The van der Waals surface area contributed by atoms with E-state index in [0.29, 0.717) is 13.0 Å². The molecule has 4 heterocycles. The van der Waals surface area contributed by atoms with Gasteiger partial charge < -0.3 is 33.8 Å². The van der Waals surface area contributed by atoms with E-state index in [-0.39, 0.29) is 42.5 Å². The first-order chi connectivity index (χ1) is 16.4. The first-order valence-electron chi connectivity index (χ1n) is 10.8. The number of hydrogen-bond donors (Lipinski definition) is 2. The van der Waals surface area contributed by atoms with Crippen LogP contribution >= 0.6 is 0 Å². The second kappa shape index (κ2) is 9.41. The normalized spacial score (nSPS) is 24.0. The monoisotopic (exact) mass is 480 g/mol. The number of methoxy groups -OCH3 is 1. The Morgan fingerprint density at radius 1 is 1.03 bits per heavy atom. The molecule has 182 valence electrons. The summed E-state index contributed by atoms with van der Waals surface area (Å²) in [5.41, 5.74) is -0.510. The molecule has 34 heavy (non-hydrogen) atoms. The van der Waals surface area contributed by atoms with Gasteiger partial charge in [-0.25, -0.2) is 18.2 Å². The molecule has 2 N–H and O–H groups in total. The van der Waals surface area contributed by atoms with Crippen LogP contribution in [0.3, 0.4) is 0 Å². The van der Waals surface area contributed by atoms with Crippen molar-refractivity contribution in [2.24, 2.45) is 0 Å². The summed E-state index contributed by atoms with van der Waals surface area (Å²) in [5.74, 6) is -2.64. The lowest BCUT2D eigenvalue weighted by Gasteiger charge is -2.16. The van der Waals surface area contributed by atoms with Crippen LogP contribution in [0.4, 0.5) is 13.2 Å². The van der Waals surface area contributed by atoms with Gasteiger partial charge >= 0.3 is 0 Å². The van der Waals surface area contributed by atoms with Gasteiger partial charge in [0.25, 0.3) is 0 Å². The molecule has 0 saturated carbocycles. The molecule has 0 radical (unpaired) electrons. The summed E-state index contributed by atoms with van der Waals surface area (Å²) >= 11 is 0. The van der Waals surface area contributed by atoms with Crippen LogP contribution in [0.15, 0.2) is 24.3 Å². The van der Waals surface area contributed by atoms with Gasteiger partial charge in [-0.15, -0.1) is 0 Å². The molecule has 11 heteroatoms. The third-order valence-electron chi connectivity index (χ3n) is 5.81. The maximum absolute atomic E-state index is 14.8. The van der Waals surface area contributed by atoms with E-state index >= 15 is 0 Å². The minimum Gasteiger partial charge on any atom is -0.493 e. The van der Waals surface area contributed by atoms with Crippen molar-refractivity contribution in [1.82, 2.24) is 9.97 Å². The fourth-order valence-electron chi connectivity index (χ4n) is 4.21. The van der Waals surface area contributed by atoms with Gasteiger partial charge in [-0.1, -0.05) is 0 Å². The van der Waals surface area contributed by atoms with E-state index in [1.807, 2.05) is 0 Å². The van der Waals surface area contributed by atoms with Crippen molar-refractivity contribution in [1.29, 1.82) is 0 Å². The average molecular weight is 480 g/mol. The average Bonchev–Trinajstić information content (AvgIpc) is 3.48. The number of rotatable bonds is 8. The number of aliphatic hydroxyl groups is 1. The number of ether oxygens (including phenoxy) is 5. The number of nitrogens with zero attached hydrogens (tertiary/aromatic N) is 1. The summed E-state index contributed by atoms with van der Waals surface area (Å²) in [7, 11) is 1.54. The smallest absolute Gasteiger partial charge is 0.193 e. The predicted molar refractivity (Wildman–Crippen MR) is 113 cm³/mol. The van der Waals surface area contributed by atoms with E-state index in [0.717, 1.165) is 18.2 Å². The van der Waals surface area contributed by atoms with E-state index < -0.39 is 53.1 Å². The highest BCUT2D eigenvalue weighted by Crippen LogP contribution is 2.34. The van der Waals surface area contributed by atoms with Crippen molar-refractivity contribution in [3.8, 4) is 22.9 Å². The Balaban J connectivity index is 1.38. The zero-order valence-corrected chi connectivity index (χ0v) is 18.2. The molecule has 0 unspecified atom stereocenters. The molecule has 1 aromatic carbocycles. The van der Waals surface area contributed by atoms with Crippen LogP contribution in [-0.2, 0) is 14.2 Å². The van der Waals surface area contributed by atoms with E-state index in [2.05, 4.69) is 9.97 Å². The third-order valence-corrected chi connectivity index (χ3v) is 5.81. The number of H-pyrrole nitrogens is 1. The summed E-state index contributed by atoms with van der Waals surface area (Å²) in [6.45, 7) is 1.04. The molecule has 2 aliphatic rings. The Morgan fingerprint density at radius 2 is 1.79 bits per heavy atom. The van der Waals surface area contributed by atoms with Crippen molar-refractivity contribution in [2.75, 3.05) is 33.5 Å². The van der Waals surface area contributed by atoms with E-state index in [1.54, 1.807) is 7.11 Å². The number of aromatic nitrogens is 2. The highest BCUT2D eigenvalue weighted by Gasteiger charge is 2.48. The number of aliphatic hydroxyl groups excluding tert-OH is 1. The van der Waals surface area contributed by atoms with Crippen molar-refractivity contribution in [3.63, 3.8) is 0 Å². The highest BCUT2D eigenvalue weighted by atomic mass is 19.1. The molecule has 0 aliphatic carbocycles. The molecule has 5 rings (SSSR count). The number of nitrogens with one attached hydrogen (secondary N) is 1. The lowest BCUT2D eigenvalue weighted by Crippen LogP contribution is -2.34. The van der Waals surface area contributed by atoms with Crippen molar-refractivity contribution >= 4 is 11.0 Å². The zero-order valence-electron chi connectivity index (χ0n) is 18.2. The molecule has 2 fully saturated rings. The Labute approximate surface area is 192 Å². The first kappa shape index (κ1) is 22.9.